The zero-order valence-corrected chi connectivity index (χ0v) is 19.4. The standard InChI is InChI=1S/C25H29NO9/c1-14(26(32-2)35-25-23(30)22(29)18(27)13-33-25)12-17(15-8-4-3-5-9-15)20-21(28)16-10-6-7-11-19(16)34-24(20)31/h3-11,14,17-18,22-23,25,27-30H,12-13H2,1-2H3/t14?,17?,18-,22+,23-,25?/m0/s1. The number of aromatic hydroxyl groups is 1. The third-order valence-corrected chi connectivity index (χ3v) is 6.15. The predicted molar refractivity (Wildman–Crippen MR) is 124 cm³/mol. The fourth-order valence-corrected chi connectivity index (χ4v) is 4.29. The molecule has 4 rings (SSSR count). The average Bonchev–Trinajstić information content (AvgIpc) is 2.86. The van der Waals surface area contributed by atoms with Crippen molar-refractivity contribution in [3.63, 3.8) is 0 Å². The topological polar surface area (TPSA) is 142 Å². The smallest absolute Gasteiger partial charge is 0.343 e. The van der Waals surface area contributed by atoms with Gasteiger partial charge in [-0.05, 0) is 31.0 Å². The molecule has 1 saturated heterocycles. The molecule has 2 aromatic carbocycles. The first-order chi connectivity index (χ1) is 16.8. The molecule has 10 nitrogen and oxygen atoms in total. The maximum absolute atomic E-state index is 13.0. The lowest BCUT2D eigenvalue weighted by Crippen LogP contribution is -2.55. The van der Waals surface area contributed by atoms with Crippen molar-refractivity contribution in [3.8, 4) is 5.75 Å². The number of nitrogens with zero attached hydrogens (tertiary/aromatic N) is 1. The molecule has 35 heavy (non-hydrogen) atoms. The van der Waals surface area contributed by atoms with Crippen molar-refractivity contribution >= 4 is 11.0 Å². The van der Waals surface area contributed by atoms with Crippen LogP contribution in [-0.4, -0.2) is 70.0 Å². The minimum absolute atomic E-state index is 0.102. The summed E-state index contributed by atoms with van der Waals surface area (Å²) in [5, 5.41) is 42.4. The lowest BCUT2D eigenvalue weighted by Gasteiger charge is -2.38. The van der Waals surface area contributed by atoms with Crippen molar-refractivity contribution in [1.29, 1.82) is 0 Å². The van der Waals surface area contributed by atoms with E-state index < -0.39 is 42.2 Å². The number of aliphatic hydroxyl groups is 3. The molecule has 0 spiro atoms. The highest BCUT2D eigenvalue weighted by molar-refractivity contribution is 5.84. The normalized spacial score (nSPS) is 24.5. The van der Waals surface area contributed by atoms with Gasteiger partial charge in [-0.25, -0.2) is 9.63 Å². The molecule has 1 aliphatic rings. The summed E-state index contributed by atoms with van der Waals surface area (Å²) in [6.45, 7) is 1.53. The first-order valence-electron chi connectivity index (χ1n) is 11.3. The Hall–Kier alpha value is -2.83. The predicted octanol–water partition coefficient (Wildman–Crippen LogP) is 1.64. The van der Waals surface area contributed by atoms with Gasteiger partial charge in [0, 0.05) is 5.92 Å². The van der Waals surface area contributed by atoms with Crippen LogP contribution in [0, 0.1) is 0 Å². The van der Waals surface area contributed by atoms with Crippen LogP contribution in [0.3, 0.4) is 0 Å². The van der Waals surface area contributed by atoms with Crippen molar-refractivity contribution in [2.24, 2.45) is 0 Å². The molecule has 1 aromatic heterocycles. The van der Waals surface area contributed by atoms with Gasteiger partial charge in [0.05, 0.1) is 30.7 Å². The van der Waals surface area contributed by atoms with E-state index in [1.807, 2.05) is 30.3 Å². The summed E-state index contributed by atoms with van der Waals surface area (Å²) < 4.78 is 10.8. The van der Waals surface area contributed by atoms with E-state index >= 15 is 0 Å². The second kappa shape index (κ2) is 10.8. The Kier molecular flexibility index (Phi) is 7.82. The van der Waals surface area contributed by atoms with Crippen LogP contribution in [0.5, 0.6) is 5.75 Å². The lowest BCUT2D eigenvalue weighted by molar-refractivity contribution is -0.446. The van der Waals surface area contributed by atoms with Gasteiger partial charge in [-0.1, -0.05) is 47.7 Å². The molecular formula is C25H29NO9. The number of ether oxygens (including phenoxy) is 1. The molecule has 0 bridgehead atoms. The van der Waals surface area contributed by atoms with E-state index in [4.69, 9.17) is 18.8 Å². The highest BCUT2D eigenvalue weighted by Crippen LogP contribution is 2.37. The highest BCUT2D eigenvalue weighted by Gasteiger charge is 2.40. The number of hydrogen-bond acceptors (Lipinski definition) is 10. The van der Waals surface area contributed by atoms with Crippen molar-refractivity contribution in [2.45, 2.75) is 49.9 Å². The van der Waals surface area contributed by atoms with Crippen LogP contribution in [0.15, 0.2) is 63.8 Å². The molecule has 0 radical (unpaired) electrons. The van der Waals surface area contributed by atoms with Gasteiger partial charge in [0.1, 0.15) is 29.6 Å². The number of aliphatic hydroxyl groups excluding tert-OH is 3. The highest BCUT2D eigenvalue weighted by atomic mass is 17.0. The van der Waals surface area contributed by atoms with Crippen molar-refractivity contribution < 1.29 is 39.3 Å². The van der Waals surface area contributed by atoms with Crippen LogP contribution in [-0.2, 0) is 14.4 Å². The van der Waals surface area contributed by atoms with Gasteiger partial charge in [-0.3, -0.25) is 4.84 Å². The largest absolute Gasteiger partial charge is 0.507 e. The van der Waals surface area contributed by atoms with Gasteiger partial charge in [0.15, 0.2) is 0 Å². The minimum Gasteiger partial charge on any atom is -0.507 e. The zero-order valence-electron chi connectivity index (χ0n) is 19.4. The van der Waals surface area contributed by atoms with Gasteiger partial charge >= 0.3 is 5.63 Å². The maximum atomic E-state index is 13.0. The summed E-state index contributed by atoms with van der Waals surface area (Å²) in [4.78, 5) is 24.0. The summed E-state index contributed by atoms with van der Waals surface area (Å²) in [6.07, 6.45) is -5.24. The molecule has 0 aliphatic carbocycles. The van der Waals surface area contributed by atoms with Crippen molar-refractivity contribution in [2.75, 3.05) is 13.7 Å². The molecule has 10 heteroatoms. The van der Waals surface area contributed by atoms with Gasteiger partial charge < -0.3 is 29.6 Å². The number of hydroxylamine groups is 2. The Bertz CT molecular complexity index is 1180. The van der Waals surface area contributed by atoms with Gasteiger partial charge in [-0.15, -0.1) is 0 Å². The first kappa shape index (κ1) is 25.3. The Morgan fingerprint density at radius 1 is 1.06 bits per heavy atom. The molecule has 6 atom stereocenters. The Labute approximate surface area is 201 Å². The molecule has 3 unspecified atom stereocenters. The zero-order chi connectivity index (χ0) is 25.1. The van der Waals surface area contributed by atoms with E-state index in [9.17, 15) is 25.2 Å². The molecule has 2 heterocycles. The number of para-hydroxylation sites is 1. The third kappa shape index (κ3) is 5.24. The van der Waals surface area contributed by atoms with E-state index in [2.05, 4.69) is 0 Å². The van der Waals surface area contributed by atoms with E-state index in [0.717, 1.165) is 10.8 Å². The van der Waals surface area contributed by atoms with E-state index in [-0.39, 0.29) is 29.9 Å². The van der Waals surface area contributed by atoms with E-state index in [0.29, 0.717) is 5.39 Å². The van der Waals surface area contributed by atoms with E-state index in [1.54, 1.807) is 31.2 Å². The molecule has 0 amide bonds. The third-order valence-electron chi connectivity index (χ3n) is 6.15. The summed E-state index contributed by atoms with van der Waals surface area (Å²) in [5.74, 6) is -0.760. The number of benzene rings is 2. The Balaban J connectivity index is 1.65. The summed E-state index contributed by atoms with van der Waals surface area (Å²) in [7, 11) is 1.36. The van der Waals surface area contributed by atoms with Crippen LogP contribution in [0.2, 0.25) is 0 Å². The van der Waals surface area contributed by atoms with Crippen LogP contribution in [0.4, 0.5) is 0 Å². The van der Waals surface area contributed by atoms with Crippen molar-refractivity contribution in [3.05, 3.63) is 76.1 Å². The molecule has 3 aromatic rings. The minimum atomic E-state index is -1.51. The summed E-state index contributed by atoms with van der Waals surface area (Å²) in [5.41, 5.74) is 0.492. The average molecular weight is 488 g/mol. The SMILES string of the molecule is CON(OC1OC[C@H](O)[C@@H](O)[C@@H]1O)C(C)CC(c1ccccc1)c1c(O)c2ccccc2oc1=O. The van der Waals surface area contributed by atoms with Gasteiger partial charge in [-0.2, -0.15) is 0 Å². The number of fused-ring (bicyclic) bond motifs is 1. The second-order valence-electron chi connectivity index (χ2n) is 8.52. The fraction of sp³-hybridized carbons (Fsp3) is 0.400. The molecule has 0 saturated carbocycles. The Morgan fingerprint density at radius 2 is 1.74 bits per heavy atom. The number of rotatable bonds is 8. The van der Waals surface area contributed by atoms with Crippen LogP contribution in [0.1, 0.15) is 30.4 Å². The van der Waals surface area contributed by atoms with Crippen molar-refractivity contribution in [1.82, 2.24) is 5.23 Å². The van der Waals surface area contributed by atoms with Crippen LogP contribution in [0.25, 0.3) is 11.0 Å². The second-order valence-corrected chi connectivity index (χ2v) is 8.52. The van der Waals surface area contributed by atoms with Crippen LogP contribution < -0.4 is 5.63 Å². The maximum Gasteiger partial charge on any atom is 0.343 e. The molecule has 1 aliphatic heterocycles. The monoisotopic (exact) mass is 487 g/mol. The summed E-state index contributed by atoms with van der Waals surface area (Å²) in [6, 6.07) is 15.4. The van der Waals surface area contributed by atoms with Gasteiger partial charge in [0.2, 0.25) is 6.29 Å². The fourth-order valence-electron chi connectivity index (χ4n) is 4.29. The quantitative estimate of drug-likeness (QED) is 0.274. The molecule has 188 valence electrons. The summed E-state index contributed by atoms with van der Waals surface area (Å²) >= 11 is 0. The van der Waals surface area contributed by atoms with Gasteiger partial charge in [0.25, 0.3) is 0 Å². The molecular weight excluding hydrogens is 458 g/mol. The molecule has 1 fully saturated rings. The Morgan fingerprint density at radius 3 is 2.46 bits per heavy atom. The lowest BCUT2D eigenvalue weighted by atomic mass is 9.86. The number of hydrogen-bond donors (Lipinski definition) is 4. The van der Waals surface area contributed by atoms with Crippen LogP contribution >= 0.6 is 0 Å². The van der Waals surface area contributed by atoms with E-state index in [1.165, 1.54) is 7.11 Å². The first-order valence-corrected chi connectivity index (χ1v) is 11.3. The molecule has 4 N–H and O–H groups in total.